The fraction of sp³-hybridized carbons (Fsp3) is 0.143. The van der Waals surface area contributed by atoms with Gasteiger partial charge in [0.1, 0.15) is 6.61 Å². The summed E-state index contributed by atoms with van der Waals surface area (Å²) >= 11 is 3.23. The van der Waals surface area contributed by atoms with Crippen molar-refractivity contribution in [1.29, 1.82) is 0 Å². The molecule has 0 heterocycles. The Bertz CT molecular complexity index is 634. The maximum atomic E-state index is 13.7. The van der Waals surface area contributed by atoms with Gasteiger partial charge in [-0.25, -0.2) is 4.39 Å². The van der Waals surface area contributed by atoms with Gasteiger partial charge in [0.05, 0.1) is 10.5 Å². The van der Waals surface area contributed by atoms with Gasteiger partial charge in [-0.05, 0) is 23.8 Å². The average Bonchev–Trinajstić information content (AvgIpc) is 2.46. The van der Waals surface area contributed by atoms with Crippen molar-refractivity contribution < 1.29 is 14.1 Å². The molecule has 6 heteroatoms. The molecule has 0 aliphatic rings. The SMILES string of the molecule is O=[N+]([O-])c1ccccc1COc1ccc(CBr)cc1F. The van der Waals surface area contributed by atoms with Crippen molar-refractivity contribution in [1.82, 2.24) is 0 Å². The molecule has 2 rings (SSSR count). The molecule has 0 saturated heterocycles. The first-order chi connectivity index (χ1) is 9.61. The molecule has 4 nitrogen and oxygen atoms in total. The first kappa shape index (κ1) is 14.5. The van der Waals surface area contributed by atoms with Gasteiger partial charge in [-0.1, -0.05) is 34.1 Å². The summed E-state index contributed by atoms with van der Waals surface area (Å²) in [4.78, 5) is 10.4. The van der Waals surface area contributed by atoms with E-state index in [1.54, 1.807) is 24.3 Å². The molecule has 0 aromatic heterocycles. The van der Waals surface area contributed by atoms with Gasteiger partial charge in [0, 0.05) is 11.4 Å². The standard InChI is InChI=1S/C14H11BrFNO3/c15-8-10-5-6-14(12(16)7-10)20-9-11-3-1-2-4-13(11)17(18)19/h1-7H,8-9H2. The highest BCUT2D eigenvalue weighted by Crippen LogP contribution is 2.23. The third-order valence-corrected chi connectivity index (χ3v) is 3.37. The van der Waals surface area contributed by atoms with E-state index < -0.39 is 10.7 Å². The Labute approximate surface area is 123 Å². The van der Waals surface area contributed by atoms with Gasteiger partial charge in [-0.2, -0.15) is 0 Å². The first-order valence-electron chi connectivity index (χ1n) is 5.81. The van der Waals surface area contributed by atoms with Crippen LogP contribution in [0.1, 0.15) is 11.1 Å². The summed E-state index contributed by atoms with van der Waals surface area (Å²) in [6, 6.07) is 10.8. The van der Waals surface area contributed by atoms with Gasteiger partial charge in [-0.3, -0.25) is 10.1 Å². The van der Waals surface area contributed by atoms with Gasteiger partial charge in [0.25, 0.3) is 5.69 Å². The molecule has 2 aromatic rings. The number of nitro groups is 1. The molecule has 20 heavy (non-hydrogen) atoms. The Hall–Kier alpha value is -1.95. The number of hydrogen-bond donors (Lipinski definition) is 0. The van der Waals surface area contributed by atoms with Gasteiger partial charge < -0.3 is 4.74 Å². The molecule has 0 amide bonds. The van der Waals surface area contributed by atoms with E-state index in [1.807, 2.05) is 0 Å². The van der Waals surface area contributed by atoms with Gasteiger partial charge in [0.2, 0.25) is 0 Å². The highest BCUT2D eigenvalue weighted by atomic mass is 79.9. The quantitative estimate of drug-likeness (QED) is 0.465. The highest BCUT2D eigenvalue weighted by molar-refractivity contribution is 9.08. The van der Waals surface area contributed by atoms with Crippen molar-refractivity contribution in [2.45, 2.75) is 11.9 Å². The molecule has 0 atom stereocenters. The van der Waals surface area contributed by atoms with Crippen molar-refractivity contribution in [3.8, 4) is 5.75 Å². The second-order valence-corrected chi connectivity index (χ2v) is 4.63. The Morgan fingerprint density at radius 3 is 2.65 bits per heavy atom. The second-order valence-electron chi connectivity index (χ2n) is 4.07. The fourth-order valence-corrected chi connectivity index (χ4v) is 2.06. The number of ether oxygens (including phenoxy) is 1. The van der Waals surface area contributed by atoms with Crippen molar-refractivity contribution in [3.63, 3.8) is 0 Å². The molecule has 2 aromatic carbocycles. The van der Waals surface area contributed by atoms with Crippen LogP contribution in [0.25, 0.3) is 0 Å². The van der Waals surface area contributed by atoms with Crippen LogP contribution < -0.4 is 4.74 Å². The lowest BCUT2D eigenvalue weighted by Crippen LogP contribution is -2.01. The van der Waals surface area contributed by atoms with E-state index in [1.165, 1.54) is 18.2 Å². The minimum absolute atomic E-state index is 0.0370. The van der Waals surface area contributed by atoms with E-state index in [-0.39, 0.29) is 18.0 Å². The lowest BCUT2D eigenvalue weighted by molar-refractivity contribution is -0.385. The minimum atomic E-state index is -0.486. The lowest BCUT2D eigenvalue weighted by Gasteiger charge is -2.08. The fourth-order valence-electron chi connectivity index (χ4n) is 1.71. The largest absolute Gasteiger partial charge is 0.486 e. The molecule has 0 spiro atoms. The molecular formula is C14H11BrFNO3. The number of rotatable bonds is 5. The first-order valence-corrected chi connectivity index (χ1v) is 6.93. The van der Waals surface area contributed by atoms with Crippen LogP contribution in [0.3, 0.4) is 0 Å². The summed E-state index contributed by atoms with van der Waals surface area (Å²) in [6.07, 6.45) is 0. The van der Waals surface area contributed by atoms with Crippen molar-refractivity contribution in [2.75, 3.05) is 0 Å². The van der Waals surface area contributed by atoms with Crippen molar-refractivity contribution >= 4 is 21.6 Å². The maximum absolute atomic E-state index is 13.7. The molecule has 0 bridgehead atoms. The Balaban J connectivity index is 2.15. The molecule has 0 aliphatic heterocycles. The third kappa shape index (κ3) is 3.33. The number of alkyl halides is 1. The van der Waals surface area contributed by atoms with E-state index in [0.29, 0.717) is 10.9 Å². The summed E-state index contributed by atoms with van der Waals surface area (Å²) in [5.41, 5.74) is 1.16. The van der Waals surface area contributed by atoms with Crippen LogP contribution in [0.15, 0.2) is 42.5 Å². The van der Waals surface area contributed by atoms with Crippen molar-refractivity contribution in [3.05, 3.63) is 69.5 Å². The molecular weight excluding hydrogens is 329 g/mol. The van der Waals surface area contributed by atoms with Gasteiger partial charge in [-0.15, -0.1) is 0 Å². The topological polar surface area (TPSA) is 52.4 Å². The van der Waals surface area contributed by atoms with Crippen molar-refractivity contribution in [2.24, 2.45) is 0 Å². The smallest absolute Gasteiger partial charge is 0.276 e. The highest BCUT2D eigenvalue weighted by Gasteiger charge is 2.13. The van der Waals surface area contributed by atoms with E-state index in [0.717, 1.165) is 5.56 Å². The summed E-state index contributed by atoms with van der Waals surface area (Å²) < 4.78 is 19.0. The summed E-state index contributed by atoms with van der Waals surface area (Å²) in [5.74, 6) is -0.409. The predicted octanol–water partition coefficient (Wildman–Crippen LogP) is 4.21. The number of hydrogen-bond acceptors (Lipinski definition) is 3. The van der Waals surface area contributed by atoms with Crippen LogP contribution >= 0.6 is 15.9 Å². The zero-order chi connectivity index (χ0) is 14.5. The number of nitro benzene ring substituents is 1. The molecule has 104 valence electrons. The van der Waals surface area contributed by atoms with Crippen LogP contribution in [0.2, 0.25) is 0 Å². The predicted molar refractivity (Wildman–Crippen MR) is 76.5 cm³/mol. The van der Waals surface area contributed by atoms with Crippen LogP contribution in [0, 0.1) is 15.9 Å². The molecule has 0 unspecified atom stereocenters. The maximum Gasteiger partial charge on any atom is 0.276 e. The number of benzene rings is 2. The Kier molecular flexibility index (Phi) is 4.68. The molecule has 0 saturated carbocycles. The second kappa shape index (κ2) is 6.47. The minimum Gasteiger partial charge on any atom is -0.486 e. The van der Waals surface area contributed by atoms with E-state index >= 15 is 0 Å². The Morgan fingerprint density at radius 1 is 1.25 bits per heavy atom. The Morgan fingerprint density at radius 2 is 2.00 bits per heavy atom. The van der Waals surface area contributed by atoms with Crippen LogP contribution in [-0.4, -0.2) is 4.92 Å². The van der Waals surface area contributed by atoms with Gasteiger partial charge in [0.15, 0.2) is 11.6 Å². The van der Waals surface area contributed by atoms with Crippen LogP contribution in [0.4, 0.5) is 10.1 Å². The third-order valence-electron chi connectivity index (χ3n) is 2.72. The molecule has 0 radical (unpaired) electrons. The average molecular weight is 340 g/mol. The van der Waals surface area contributed by atoms with Crippen LogP contribution in [-0.2, 0) is 11.9 Å². The molecule has 0 N–H and O–H groups in total. The molecule has 0 fully saturated rings. The zero-order valence-electron chi connectivity index (χ0n) is 10.4. The molecule has 0 aliphatic carbocycles. The summed E-state index contributed by atoms with van der Waals surface area (Å²) in [6.45, 7) is -0.0538. The number of para-hydroxylation sites is 1. The van der Waals surface area contributed by atoms with Crippen LogP contribution in [0.5, 0.6) is 5.75 Å². The lowest BCUT2D eigenvalue weighted by atomic mass is 10.2. The van der Waals surface area contributed by atoms with E-state index in [2.05, 4.69) is 15.9 Å². The normalized spacial score (nSPS) is 10.3. The number of halogens is 2. The number of nitrogens with zero attached hydrogens (tertiary/aromatic N) is 1. The monoisotopic (exact) mass is 339 g/mol. The summed E-state index contributed by atoms with van der Waals surface area (Å²) in [5, 5.41) is 11.4. The van der Waals surface area contributed by atoms with Gasteiger partial charge >= 0.3 is 0 Å². The van der Waals surface area contributed by atoms with E-state index in [4.69, 9.17) is 4.74 Å². The zero-order valence-corrected chi connectivity index (χ0v) is 12.0. The van der Waals surface area contributed by atoms with E-state index in [9.17, 15) is 14.5 Å². The summed E-state index contributed by atoms with van der Waals surface area (Å²) in [7, 11) is 0.